The summed E-state index contributed by atoms with van der Waals surface area (Å²) in [4.78, 5) is 15.5. The molecule has 2 N–H and O–H groups in total. The Morgan fingerprint density at radius 1 is 1.37 bits per heavy atom. The summed E-state index contributed by atoms with van der Waals surface area (Å²) in [5, 5.41) is 0. The van der Waals surface area contributed by atoms with Crippen molar-refractivity contribution in [3.05, 3.63) is 35.8 Å². The van der Waals surface area contributed by atoms with E-state index in [1.54, 1.807) is 11.7 Å². The van der Waals surface area contributed by atoms with Gasteiger partial charge in [0.1, 0.15) is 17.9 Å². The highest BCUT2D eigenvalue weighted by Gasteiger charge is 2.18. The van der Waals surface area contributed by atoms with Gasteiger partial charge in [-0.15, -0.1) is 0 Å². The molecule has 0 aliphatic carbocycles. The number of ether oxygens (including phenoxy) is 2. The fourth-order valence-electron chi connectivity index (χ4n) is 1.79. The first-order chi connectivity index (χ1) is 9.08. The topological polar surface area (TPSA) is 79.4 Å². The summed E-state index contributed by atoms with van der Waals surface area (Å²) in [5.74, 6) is 0.296. The number of benzene rings is 1. The number of aryl methyl sites for hydroxylation is 1. The molecule has 0 unspecified atom stereocenters. The van der Waals surface area contributed by atoms with E-state index >= 15 is 0 Å². The minimum absolute atomic E-state index is 0.0889. The molecule has 0 radical (unpaired) electrons. The van der Waals surface area contributed by atoms with Crippen LogP contribution >= 0.6 is 0 Å². The Balaban J connectivity index is 2.57. The van der Waals surface area contributed by atoms with Gasteiger partial charge in [0.25, 0.3) is 0 Å². The predicted octanol–water partition coefficient (Wildman–Crippen LogP) is 1.56. The van der Waals surface area contributed by atoms with Gasteiger partial charge in [-0.25, -0.2) is 9.78 Å². The number of methoxy groups -OCH3 is 2. The standard InChI is InChI=1S/C13H15N3O3/c1-8-4-5-10(18-2)9(6-8)16-7-15-11(12(16)14)13(17)19-3/h4-7H,14H2,1-3H3. The third-order valence-corrected chi connectivity index (χ3v) is 2.78. The lowest BCUT2D eigenvalue weighted by molar-refractivity contribution is 0.0596. The number of rotatable bonds is 3. The molecule has 1 aromatic carbocycles. The molecule has 0 aliphatic heterocycles. The molecule has 0 saturated carbocycles. The monoisotopic (exact) mass is 261 g/mol. The maximum Gasteiger partial charge on any atom is 0.360 e. The molecule has 6 nitrogen and oxygen atoms in total. The van der Waals surface area contributed by atoms with Gasteiger partial charge in [0, 0.05) is 0 Å². The molecule has 0 fully saturated rings. The SMILES string of the molecule is COC(=O)c1ncn(-c2cc(C)ccc2OC)c1N. The minimum atomic E-state index is -0.567. The molecule has 0 atom stereocenters. The van der Waals surface area contributed by atoms with Crippen LogP contribution < -0.4 is 10.5 Å². The van der Waals surface area contributed by atoms with Crippen molar-refractivity contribution >= 4 is 11.8 Å². The van der Waals surface area contributed by atoms with Crippen LogP contribution in [0.2, 0.25) is 0 Å². The summed E-state index contributed by atoms with van der Waals surface area (Å²) in [6.07, 6.45) is 1.47. The Hall–Kier alpha value is -2.50. The molecule has 2 aromatic rings. The first kappa shape index (κ1) is 12.9. The van der Waals surface area contributed by atoms with Gasteiger partial charge in [-0.2, -0.15) is 0 Å². The van der Waals surface area contributed by atoms with E-state index in [9.17, 15) is 4.79 Å². The lowest BCUT2D eigenvalue weighted by Crippen LogP contribution is -2.08. The van der Waals surface area contributed by atoms with Gasteiger partial charge in [-0.3, -0.25) is 4.57 Å². The highest BCUT2D eigenvalue weighted by Crippen LogP contribution is 2.27. The van der Waals surface area contributed by atoms with E-state index in [-0.39, 0.29) is 11.5 Å². The molecule has 0 bridgehead atoms. The summed E-state index contributed by atoms with van der Waals surface area (Å²) in [6, 6.07) is 5.66. The van der Waals surface area contributed by atoms with Crippen LogP contribution in [0.3, 0.4) is 0 Å². The van der Waals surface area contributed by atoms with Gasteiger partial charge >= 0.3 is 5.97 Å². The molecule has 2 rings (SSSR count). The lowest BCUT2D eigenvalue weighted by atomic mass is 10.2. The maximum absolute atomic E-state index is 11.5. The van der Waals surface area contributed by atoms with Crippen molar-refractivity contribution < 1.29 is 14.3 Å². The van der Waals surface area contributed by atoms with Gasteiger partial charge in [0.05, 0.1) is 19.9 Å². The minimum Gasteiger partial charge on any atom is -0.495 e. The molecule has 100 valence electrons. The quantitative estimate of drug-likeness (QED) is 0.848. The first-order valence-corrected chi connectivity index (χ1v) is 5.64. The number of hydrogen-bond acceptors (Lipinski definition) is 5. The van der Waals surface area contributed by atoms with Crippen molar-refractivity contribution in [3.63, 3.8) is 0 Å². The van der Waals surface area contributed by atoms with Crippen LogP contribution in [0.5, 0.6) is 5.75 Å². The van der Waals surface area contributed by atoms with E-state index in [1.165, 1.54) is 13.4 Å². The number of nitrogens with zero attached hydrogens (tertiary/aromatic N) is 2. The number of esters is 1. The molecule has 0 saturated heterocycles. The zero-order valence-electron chi connectivity index (χ0n) is 11.0. The molecular weight excluding hydrogens is 246 g/mol. The van der Waals surface area contributed by atoms with Gasteiger partial charge in [0.2, 0.25) is 0 Å². The second-order valence-electron chi connectivity index (χ2n) is 4.02. The highest BCUT2D eigenvalue weighted by atomic mass is 16.5. The molecule has 0 aliphatic rings. The summed E-state index contributed by atoms with van der Waals surface area (Å²) < 4.78 is 11.5. The Morgan fingerprint density at radius 2 is 2.11 bits per heavy atom. The predicted molar refractivity (Wildman–Crippen MR) is 70.6 cm³/mol. The number of aromatic nitrogens is 2. The van der Waals surface area contributed by atoms with Crippen molar-refractivity contribution in [3.8, 4) is 11.4 Å². The van der Waals surface area contributed by atoms with E-state index in [1.807, 2.05) is 25.1 Å². The van der Waals surface area contributed by atoms with E-state index in [4.69, 9.17) is 10.5 Å². The number of anilines is 1. The number of carbonyl (C=O) groups is 1. The number of carbonyl (C=O) groups excluding carboxylic acids is 1. The average Bonchev–Trinajstić information content (AvgIpc) is 2.79. The Bertz CT molecular complexity index is 620. The van der Waals surface area contributed by atoms with Gasteiger partial charge < -0.3 is 15.2 Å². The van der Waals surface area contributed by atoms with Crippen molar-refractivity contribution in [2.24, 2.45) is 0 Å². The Morgan fingerprint density at radius 3 is 2.74 bits per heavy atom. The average molecular weight is 261 g/mol. The molecule has 6 heteroatoms. The van der Waals surface area contributed by atoms with Crippen LogP contribution in [0.1, 0.15) is 16.1 Å². The van der Waals surface area contributed by atoms with Crippen LogP contribution in [-0.4, -0.2) is 29.7 Å². The first-order valence-electron chi connectivity index (χ1n) is 5.64. The maximum atomic E-state index is 11.5. The smallest absolute Gasteiger partial charge is 0.360 e. The second-order valence-corrected chi connectivity index (χ2v) is 4.02. The van der Waals surface area contributed by atoms with Crippen LogP contribution in [-0.2, 0) is 4.74 Å². The summed E-state index contributed by atoms with van der Waals surface area (Å²) in [5.41, 5.74) is 7.79. The molecule has 0 spiro atoms. The van der Waals surface area contributed by atoms with E-state index < -0.39 is 5.97 Å². The van der Waals surface area contributed by atoms with E-state index in [2.05, 4.69) is 9.72 Å². The third kappa shape index (κ3) is 2.24. The second kappa shape index (κ2) is 5.01. The van der Waals surface area contributed by atoms with Crippen molar-refractivity contribution in [1.82, 2.24) is 9.55 Å². The zero-order chi connectivity index (χ0) is 14.0. The largest absolute Gasteiger partial charge is 0.495 e. The molecular formula is C13H15N3O3. The normalized spacial score (nSPS) is 10.3. The molecule has 1 aromatic heterocycles. The van der Waals surface area contributed by atoms with Crippen molar-refractivity contribution in [2.75, 3.05) is 20.0 Å². The highest BCUT2D eigenvalue weighted by molar-refractivity contribution is 5.92. The summed E-state index contributed by atoms with van der Waals surface area (Å²) >= 11 is 0. The van der Waals surface area contributed by atoms with E-state index in [0.717, 1.165) is 11.3 Å². The number of hydrogen-bond donors (Lipinski definition) is 1. The van der Waals surface area contributed by atoms with E-state index in [0.29, 0.717) is 5.75 Å². The van der Waals surface area contributed by atoms with Gasteiger partial charge in [-0.1, -0.05) is 6.07 Å². The number of nitrogens with two attached hydrogens (primary N) is 1. The third-order valence-electron chi connectivity index (χ3n) is 2.78. The molecule has 0 amide bonds. The van der Waals surface area contributed by atoms with Crippen LogP contribution in [0.25, 0.3) is 5.69 Å². The van der Waals surface area contributed by atoms with Gasteiger partial charge in [-0.05, 0) is 24.6 Å². The van der Waals surface area contributed by atoms with Crippen LogP contribution in [0.15, 0.2) is 24.5 Å². The van der Waals surface area contributed by atoms with Crippen LogP contribution in [0, 0.1) is 6.92 Å². The summed E-state index contributed by atoms with van der Waals surface area (Å²) in [6.45, 7) is 1.96. The number of imidazole rings is 1. The Labute approximate surface area is 110 Å². The summed E-state index contributed by atoms with van der Waals surface area (Å²) in [7, 11) is 2.86. The van der Waals surface area contributed by atoms with Crippen LogP contribution in [0.4, 0.5) is 5.82 Å². The van der Waals surface area contributed by atoms with Crippen molar-refractivity contribution in [1.29, 1.82) is 0 Å². The fourth-order valence-corrected chi connectivity index (χ4v) is 1.79. The van der Waals surface area contributed by atoms with Crippen molar-refractivity contribution in [2.45, 2.75) is 6.92 Å². The molecule has 1 heterocycles. The lowest BCUT2D eigenvalue weighted by Gasteiger charge is -2.11. The van der Waals surface area contributed by atoms with Gasteiger partial charge in [0.15, 0.2) is 5.69 Å². The molecule has 19 heavy (non-hydrogen) atoms. The zero-order valence-corrected chi connectivity index (χ0v) is 11.0. The number of nitrogen functional groups attached to an aromatic ring is 1. The Kier molecular flexibility index (Phi) is 3.41. The fraction of sp³-hybridized carbons (Fsp3) is 0.231.